The maximum atomic E-state index is 12.7. The van der Waals surface area contributed by atoms with Gasteiger partial charge >= 0.3 is 0 Å². The van der Waals surface area contributed by atoms with Crippen LogP contribution < -0.4 is 0 Å². The van der Waals surface area contributed by atoms with E-state index in [1.807, 2.05) is 47.0 Å². The molecule has 0 bridgehead atoms. The molecule has 0 saturated carbocycles. The van der Waals surface area contributed by atoms with Crippen LogP contribution in [0.5, 0.6) is 0 Å². The summed E-state index contributed by atoms with van der Waals surface area (Å²) in [6.07, 6.45) is 1.66. The Bertz CT molecular complexity index is 561. The molecule has 2 heterocycles. The number of benzene rings is 1. The minimum atomic E-state index is -0.291. The fraction of sp³-hybridized carbons (Fsp3) is 0.556. The molecule has 24 heavy (non-hydrogen) atoms. The molecule has 1 aromatic rings. The lowest BCUT2D eigenvalue weighted by Gasteiger charge is -2.32. The zero-order valence-electron chi connectivity index (χ0n) is 13.9. The molecule has 2 aliphatic heterocycles. The predicted octanol–water partition coefficient (Wildman–Crippen LogP) is 1.77. The van der Waals surface area contributed by atoms with E-state index < -0.39 is 0 Å². The normalized spacial score (nSPS) is 21.1. The van der Waals surface area contributed by atoms with E-state index in [0.717, 1.165) is 43.0 Å². The number of thioether (sulfide) groups is 1. The SMILES string of the molecule is O=C([C@H]1CCCN1C(=O)COCc1ccccc1)N1CCSCC1. The van der Waals surface area contributed by atoms with Gasteiger partial charge in [0.2, 0.25) is 11.8 Å². The van der Waals surface area contributed by atoms with Gasteiger partial charge in [0, 0.05) is 31.1 Å². The molecular formula is C18H24N2O3S. The quantitative estimate of drug-likeness (QED) is 0.814. The highest BCUT2D eigenvalue weighted by molar-refractivity contribution is 7.99. The number of carbonyl (C=O) groups excluding carboxylic acids is 2. The molecule has 0 unspecified atom stereocenters. The van der Waals surface area contributed by atoms with Gasteiger partial charge in [-0.05, 0) is 18.4 Å². The van der Waals surface area contributed by atoms with Gasteiger partial charge in [-0.2, -0.15) is 11.8 Å². The van der Waals surface area contributed by atoms with E-state index in [1.54, 1.807) is 4.90 Å². The number of ether oxygens (including phenoxy) is 1. The van der Waals surface area contributed by atoms with Crippen LogP contribution in [0.15, 0.2) is 30.3 Å². The molecule has 2 fully saturated rings. The number of hydrogen-bond acceptors (Lipinski definition) is 4. The van der Waals surface area contributed by atoms with Crippen molar-refractivity contribution in [2.75, 3.05) is 37.7 Å². The van der Waals surface area contributed by atoms with Crippen molar-refractivity contribution in [2.24, 2.45) is 0 Å². The summed E-state index contributed by atoms with van der Waals surface area (Å²) >= 11 is 1.88. The summed E-state index contributed by atoms with van der Waals surface area (Å²) in [6.45, 7) is 2.71. The number of amides is 2. The third-order valence-electron chi connectivity index (χ3n) is 4.52. The number of likely N-dealkylation sites (tertiary alicyclic amines) is 1. The van der Waals surface area contributed by atoms with Crippen molar-refractivity contribution in [3.63, 3.8) is 0 Å². The first-order chi connectivity index (χ1) is 11.8. The molecule has 5 nitrogen and oxygen atoms in total. The fourth-order valence-electron chi connectivity index (χ4n) is 3.23. The van der Waals surface area contributed by atoms with Gasteiger partial charge in [-0.25, -0.2) is 0 Å². The Kier molecular flexibility index (Phi) is 6.15. The van der Waals surface area contributed by atoms with Gasteiger partial charge in [-0.3, -0.25) is 9.59 Å². The molecule has 2 amide bonds. The second-order valence-corrected chi connectivity index (χ2v) is 7.39. The number of rotatable bonds is 5. The molecule has 0 aromatic heterocycles. The minimum absolute atomic E-state index is 0.0362. The number of carbonyl (C=O) groups is 2. The van der Waals surface area contributed by atoms with Crippen LogP contribution >= 0.6 is 11.8 Å². The maximum Gasteiger partial charge on any atom is 0.249 e. The molecule has 2 aliphatic rings. The maximum absolute atomic E-state index is 12.7. The van der Waals surface area contributed by atoms with Crippen molar-refractivity contribution >= 4 is 23.6 Å². The Morgan fingerprint density at radius 2 is 1.88 bits per heavy atom. The van der Waals surface area contributed by atoms with Gasteiger partial charge in [-0.1, -0.05) is 30.3 Å². The Balaban J connectivity index is 1.50. The third kappa shape index (κ3) is 4.30. The summed E-state index contributed by atoms with van der Waals surface area (Å²) in [5, 5.41) is 0. The fourth-order valence-corrected chi connectivity index (χ4v) is 4.13. The molecule has 0 N–H and O–H groups in total. The predicted molar refractivity (Wildman–Crippen MR) is 94.7 cm³/mol. The highest BCUT2D eigenvalue weighted by atomic mass is 32.2. The molecule has 2 saturated heterocycles. The summed E-state index contributed by atoms with van der Waals surface area (Å²) in [6, 6.07) is 9.51. The summed E-state index contributed by atoms with van der Waals surface area (Å²) in [5.74, 6) is 2.02. The first-order valence-corrected chi connectivity index (χ1v) is 9.69. The molecule has 0 spiro atoms. The summed E-state index contributed by atoms with van der Waals surface area (Å²) < 4.78 is 5.55. The van der Waals surface area contributed by atoms with Crippen LogP contribution in [0.4, 0.5) is 0 Å². The number of hydrogen-bond donors (Lipinski definition) is 0. The second kappa shape index (κ2) is 8.53. The van der Waals surface area contributed by atoms with E-state index in [4.69, 9.17) is 4.74 Å². The van der Waals surface area contributed by atoms with Gasteiger partial charge in [0.05, 0.1) is 6.61 Å². The van der Waals surface area contributed by atoms with Crippen molar-refractivity contribution in [1.82, 2.24) is 9.80 Å². The summed E-state index contributed by atoms with van der Waals surface area (Å²) in [5.41, 5.74) is 1.05. The van der Waals surface area contributed by atoms with Crippen LogP contribution in [0.2, 0.25) is 0 Å². The Morgan fingerprint density at radius 1 is 1.12 bits per heavy atom. The smallest absolute Gasteiger partial charge is 0.249 e. The lowest BCUT2D eigenvalue weighted by Crippen LogP contribution is -2.50. The minimum Gasteiger partial charge on any atom is -0.367 e. The molecule has 1 aromatic carbocycles. The summed E-state index contributed by atoms with van der Waals surface area (Å²) in [7, 11) is 0. The first kappa shape index (κ1) is 17.3. The van der Waals surface area contributed by atoms with Crippen LogP contribution in [0.3, 0.4) is 0 Å². The first-order valence-electron chi connectivity index (χ1n) is 8.53. The molecule has 0 radical (unpaired) electrons. The van der Waals surface area contributed by atoms with Crippen LogP contribution in [-0.4, -0.2) is 65.4 Å². The van der Waals surface area contributed by atoms with Crippen molar-refractivity contribution < 1.29 is 14.3 Å². The molecule has 3 rings (SSSR count). The monoisotopic (exact) mass is 348 g/mol. The van der Waals surface area contributed by atoms with Crippen molar-refractivity contribution in [2.45, 2.75) is 25.5 Å². The number of nitrogens with zero attached hydrogens (tertiary/aromatic N) is 2. The third-order valence-corrected chi connectivity index (χ3v) is 5.46. The van der Waals surface area contributed by atoms with Crippen molar-refractivity contribution in [1.29, 1.82) is 0 Å². The van der Waals surface area contributed by atoms with Crippen molar-refractivity contribution in [3.8, 4) is 0 Å². The molecule has 130 valence electrons. The lowest BCUT2D eigenvalue weighted by atomic mass is 10.2. The van der Waals surface area contributed by atoms with Gasteiger partial charge in [-0.15, -0.1) is 0 Å². The zero-order chi connectivity index (χ0) is 16.8. The van der Waals surface area contributed by atoms with Crippen LogP contribution in [0, 0.1) is 0 Å². The second-order valence-electron chi connectivity index (χ2n) is 6.16. The largest absolute Gasteiger partial charge is 0.367 e. The molecular weight excluding hydrogens is 324 g/mol. The average Bonchev–Trinajstić information content (AvgIpc) is 3.12. The van der Waals surface area contributed by atoms with E-state index in [1.165, 1.54) is 0 Å². The highest BCUT2D eigenvalue weighted by Gasteiger charge is 2.36. The average molecular weight is 348 g/mol. The topological polar surface area (TPSA) is 49.9 Å². The van der Waals surface area contributed by atoms with Gasteiger partial charge < -0.3 is 14.5 Å². The van der Waals surface area contributed by atoms with E-state index in [0.29, 0.717) is 13.2 Å². The van der Waals surface area contributed by atoms with Crippen LogP contribution in [0.1, 0.15) is 18.4 Å². The molecule has 1 atom stereocenters. The zero-order valence-corrected chi connectivity index (χ0v) is 14.7. The standard InChI is InChI=1S/C18H24N2O3S/c21-17(14-23-13-15-5-2-1-3-6-15)20-8-4-7-16(20)18(22)19-9-11-24-12-10-19/h1-3,5-6,16H,4,7-14H2/t16-/m1/s1. The van der Waals surface area contributed by atoms with Gasteiger partial charge in [0.25, 0.3) is 0 Å². The molecule has 6 heteroatoms. The van der Waals surface area contributed by atoms with E-state index in [-0.39, 0.29) is 24.5 Å². The Morgan fingerprint density at radius 3 is 2.62 bits per heavy atom. The highest BCUT2D eigenvalue weighted by Crippen LogP contribution is 2.21. The van der Waals surface area contributed by atoms with E-state index in [9.17, 15) is 9.59 Å². The van der Waals surface area contributed by atoms with Gasteiger partial charge in [0.1, 0.15) is 12.6 Å². The lowest BCUT2D eigenvalue weighted by molar-refractivity contribution is -0.146. The summed E-state index contributed by atoms with van der Waals surface area (Å²) in [4.78, 5) is 28.8. The van der Waals surface area contributed by atoms with E-state index in [2.05, 4.69) is 0 Å². The van der Waals surface area contributed by atoms with Crippen molar-refractivity contribution in [3.05, 3.63) is 35.9 Å². The Labute approximate surface area is 147 Å². The van der Waals surface area contributed by atoms with Gasteiger partial charge in [0.15, 0.2) is 0 Å². The Hall–Kier alpha value is -1.53. The van der Waals surface area contributed by atoms with E-state index >= 15 is 0 Å². The van der Waals surface area contributed by atoms with Crippen LogP contribution in [-0.2, 0) is 20.9 Å². The van der Waals surface area contributed by atoms with Crippen LogP contribution in [0.25, 0.3) is 0 Å². The molecule has 0 aliphatic carbocycles.